The fourth-order valence-corrected chi connectivity index (χ4v) is 1.86. The third-order valence-corrected chi connectivity index (χ3v) is 2.86. The summed E-state index contributed by atoms with van der Waals surface area (Å²) < 4.78 is 9.89. The minimum absolute atomic E-state index is 0.0828. The van der Waals surface area contributed by atoms with Crippen LogP contribution in [0.4, 0.5) is 0 Å². The molecule has 0 bridgehead atoms. The maximum absolute atomic E-state index is 11.3. The smallest absolute Gasteiger partial charge is 0.246 e. The molecular weight excluding hydrogens is 240 g/mol. The number of carbonyl (C=O) groups is 1. The monoisotopic (exact) mass is 258 g/mol. The van der Waals surface area contributed by atoms with Crippen LogP contribution >= 0.6 is 11.3 Å². The molecule has 0 saturated heterocycles. The van der Waals surface area contributed by atoms with Crippen molar-refractivity contribution in [3.8, 4) is 0 Å². The number of aryl methyl sites for hydroxylation is 1. The predicted molar refractivity (Wildman–Crippen MR) is 66.3 cm³/mol. The van der Waals surface area contributed by atoms with E-state index in [1.165, 1.54) is 0 Å². The lowest BCUT2D eigenvalue weighted by molar-refractivity contribution is -0.126. The van der Waals surface area contributed by atoms with E-state index < -0.39 is 0 Å². The van der Waals surface area contributed by atoms with E-state index in [0.29, 0.717) is 19.8 Å². The van der Waals surface area contributed by atoms with E-state index in [2.05, 4.69) is 10.3 Å². The van der Waals surface area contributed by atoms with Crippen LogP contribution in [-0.2, 0) is 20.7 Å². The molecule has 1 amide bonds. The van der Waals surface area contributed by atoms with Gasteiger partial charge in [0.1, 0.15) is 6.61 Å². The van der Waals surface area contributed by atoms with Crippen molar-refractivity contribution in [2.24, 2.45) is 0 Å². The molecule has 0 fully saturated rings. The molecular formula is C11H18N2O3S. The van der Waals surface area contributed by atoms with Crippen molar-refractivity contribution in [3.05, 3.63) is 16.1 Å². The number of carbonyl (C=O) groups excluding carboxylic acids is 1. The van der Waals surface area contributed by atoms with E-state index in [-0.39, 0.29) is 12.5 Å². The van der Waals surface area contributed by atoms with Crippen LogP contribution in [0, 0.1) is 6.92 Å². The van der Waals surface area contributed by atoms with Crippen molar-refractivity contribution in [3.63, 3.8) is 0 Å². The molecule has 0 saturated carbocycles. The minimum Gasteiger partial charge on any atom is -0.382 e. The van der Waals surface area contributed by atoms with E-state index in [9.17, 15) is 4.79 Å². The molecule has 0 atom stereocenters. The number of nitrogens with zero attached hydrogens (tertiary/aromatic N) is 1. The summed E-state index contributed by atoms with van der Waals surface area (Å²) in [6, 6.07) is 0. The Balaban J connectivity index is 2.04. The third-order valence-electron chi connectivity index (χ3n) is 2.03. The van der Waals surface area contributed by atoms with Gasteiger partial charge in [-0.15, -0.1) is 11.3 Å². The number of nitrogens with one attached hydrogen (secondary N) is 1. The summed E-state index contributed by atoms with van der Waals surface area (Å²) in [7, 11) is 1.60. The molecule has 96 valence electrons. The Labute approximate surface area is 105 Å². The molecule has 1 aromatic rings. The highest BCUT2D eigenvalue weighted by atomic mass is 32.1. The van der Waals surface area contributed by atoms with Gasteiger partial charge in [-0.05, 0) is 6.92 Å². The van der Waals surface area contributed by atoms with Crippen LogP contribution < -0.4 is 5.32 Å². The Morgan fingerprint density at radius 2 is 2.35 bits per heavy atom. The van der Waals surface area contributed by atoms with Crippen molar-refractivity contribution in [2.45, 2.75) is 13.3 Å². The van der Waals surface area contributed by atoms with Gasteiger partial charge >= 0.3 is 0 Å². The number of hydrogen-bond acceptors (Lipinski definition) is 5. The average Bonchev–Trinajstić information content (AvgIpc) is 2.71. The van der Waals surface area contributed by atoms with Crippen LogP contribution in [0.25, 0.3) is 0 Å². The zero-order valence-corrected chi connectivity index (χ0v) is 11.0. The summed E-state index contributed by atoms with van der Waals surface area (Å²) in [5.74, 6) is -0.104. The summed E-state index contributed by atoms with van der Waals surface area (Å²) in [6.07, 6.45) is 0.758. The lowest BCUT2D eigenvalue weighted by Crippen LogP contribution is -2.30. The van der Waals surface area contributed by atoms with E-state index >= 15 is 0 Å². The Kier molecular flexibility index (Phi) is 6.76. The SMILES string of the molecule is COCCOCC(=O)NCCc1csc(C)n1. The van der Waals surface area contributed by atoms with Crippen molar-refractivity contribution < 1.29 is 14.3 Å². The Morgan fingerprint density at radius 3 is 3.00 bits per heavy atom. The molecule has 5 nitrogen and oxygen atoms in total. The van der Waals surface area contributed by atoms with Crippen molar-refractivity contribution in [1.82, 2.24) is 10.3 Å². The van der Waals surface area contributed by atoms with E-state index in [4.69, 9.17) is 9.47 Å². The summed E-state index contributed by atoms with van der Waals surface area (Å²) in [5.41, 5.74) is 1.02. The molecule has 0 unspecified atom stereocenters. The number of rotatable bonds is 8. The summed E-state index contributed by atoms with van der Waals surface area (Å²) in [4.78, 5) is 15.6. The topological polar surface area (TPSA) is 60.5 Å². The van der Waals surface area contributed by atoms with Crippen molar-refractivity contribution >= 4 is 17.2 Å². The van der Waals surface area contributed by atoms with Crippen LogP contribution in [0.2, 0.25) is 0 Å². The predicted octanol–water partition coefficient (Wildman–Crippen LogP) is 0.773. The Hall–Kier alpha value is -0.980. The normalized spacial score (nSPS) is 10.5. The zero-order chi connectivity index (χ0) is 12.5. The first-order chi connectivity index (χ1) is 8.22. The van der Waals surface area contributed by atoms with Crippen molar-refractivity contribution in [2.75, 3.05) is 33.5 Å². The molecule has 1 heterocycles. The second kappa shape index (κ2) is 8.16. The molecule has 1 aromatic heterocycles. The first kappa shape index (κ1) is 14.1. The molecule has 0 aliphatic carbocycles. The summed E-state index contributed by atoms with van der Waals surface area (Å²) in [6.45, 7) is 3.59. The molecule has 0 aromatic carbocycles. The maximum Gasteiger partial charge on any atom is 0.246 e. The number of thiazole rings is 1. The van der Waals surface area contributed by atoms with Gasteiger partial charge in [-0.1, -0.05) is 0 Å². The van der Waals surface area contributed by atoms with Gasteiger partial charge in [0.05, 0.1) is 23.9 Å². The highest BCUT2D eigenvalue weighted by molar-refractivity contribution is 7.09. The fourth-order valence-electron chi connectivity index (χ4n) is 1.21. The summed E-state index contributed by atoms with van der Waals surface area (Å²) >= 11 is 1.62. The molecule has 17 heavy (non-hydrogen) atoms. The number of methoxy groups -OCH3 is 1. The largest absolute Gasteiger partial charge is 0.382 e. The second-order valence-electron chi connectivity index (χ2n) is 3.50. The Morgan fingerprint density at radius 1 is 1.53 bits per heavy atom. The number of amides is 1. The molecule has 0 aliphatic rings. The second-order valence-corrected chi connectivity index (χ2v) is 4.57. The lowest BCUT2D eigenvalue weighted by Gasteiger charge is -2.04. The molecule has 0 aliphatic heterocycles. The van der Waals surface area contributed by atoms with Gasteiger partial charge in [-0.25, -0.2) is 4.98 Å². The van der Waals surface area contributed by atoms with Gasteiger partial charge in [0, 0.05) is 25.5 Å². The molecule has 1 rings (SSSR count). The first-order valence-electron chi connectivity index (χ1n) is 5.46. The van der Waals surface area contributed by atoms with E-state index in [1.807, 2.05) is 12.3 Å². The maximum atomic E-state index is 11.3. The van der Waals surface area contributed by atoms with Gasteiger partial charge in [-0.2, -0.15) is 0 Å². The van der Waals surface area contributed by atoms with Crippen LogP contribution in [0.15, 0.2) is 5.38 Å². The van der Waals surface area contributed by atoms with Gasteiger partial charge in [0.25, 0.3) is 0 Å². The van der Waals surface area contributed by atoms with Crippen LogP contribution in [0.1, 0.15) is 10.7 Å². The number of ether oxygens (including phenoxy) is 2. The fraction of sp³-hybridized carbons (Fsp3) is 0.636. The molecule has 1 N–H and O–H groups in total. The average molecular weight is 258 g/mol. The van der Waals surface area contributed by atoms with Crippen LogP contribution in [0.3, 0.4) is 0 Å². The number of aromatic nitrogens is 1. The highest BCUT2D eigenvalue weighted by Crippen LogP contribution is 2.07. The van der Waals surface area contributed by atoms with Gasteiger partial charge in [-0.3, -0.25) is 4.79 Å². The highest BCUT2D eigenvalue weighted by Gasteiger charge is 2.02. The Bertz CT molecular complexity index is 341. The minimum atomic E-state index is -0.104. The molecule has 0 spiro atoms. The van der Waals surface area contributed by atoms with Gasteiger partial charge in [0.2, 0.25) is 5.91 Å². The zero-order valence-electron chi connectivity index (χ0n) is 10.2. The van der Waals surface area contributed by atoms with E-state index in [0.717, 1.165) is 17.1 Å². The van der Waals surface area contributed by atoms with Crippen LogP contribution in [-0.4, -0.2) is 44.4 Å². The van der Waals surface area contributed by atoms with Crippen molar-refractivity contribution in [1.29, 1.82) is 0 Å². The molecule has 0 radical (unpaired) electrons. The van der Waals surface area contributed by atoms with E-state index in [1.54, 1.807) is 18.4 Å². The quantitative estimate of drug-likeness (QED) is 0.700. The third kappa shape index (κ3) is 6.35. The van der Waals surface area contributed by atoms with Gasteiger partial charge in [0.15, 0.2) is 0 Å². The van der Waals surface area contributed by atoms with Gasteiger partial charge < -0.3 is 14.8 Å². The number of hydrogen-bond donors (Lipinski definition) is 1. The van der Waals surface area contributed by atoms with Crippen LogP contribution in [0.5, 0.6) is 0 Å². The summed E-state index contributed by atoms with van der Waals surface area (Å²) in [5, 5.41) is 5.84. The standard InChI is InChI=1S/C11H18N2O3S/c1-9-13-10(8-17-9)3-4-12-11(14)7-16-6-5-15-2/h8H,3-7H2,1-2H3,(H,12,14). The first-order valence-corrected chi connectivity index (χ1v) is 6.34. The lowest BCUT2D eigenvalue weighted by atomic mass is 10.3. The molecule has 6 heteroatoms.